The van der Waals surface area contributed by atoms with Crippen molar-refractivity contribution in [2.45, 2.75) is 46.1 Å². The van der Waals surface area contributed by atoms with Gasteiger partial charge in [-0.25, -0.2) is 4.98 Å². The van der Waals surface area contributed by atoms with E-state index in [1.807, 2.05) is 76.2 Å². The summed E-state index contributed by atoms with van der Waals surface area (Å²) in [5.41, 5.74) is 5.59. The number of aryl methyl sites for hydroxylation is 2. The van der Waals surface area contributed by atoms with Crippen molar-refractivity contribution < 1.29 is 9.53 Å². The SMILES string of the molecule is Cc1ccc(-c2cnnc(-n3nc(C)c4c3NC(=O)C[C@@H]4c3ccc(OC(C)C)cc3)n2)cc1. The van der Waals surface area contributed by atoms with E-state index in [-0.39, 0.29) is 17.9 Å². The lowest BCUT2D eigenvalue weighted by molar-refractivity contribution is -0.116. The Morgan fingerprint density at radius 2 is 1.79 bits per heavy atom. The van der Waals surface area contributed by atoms with Gasteiger partial charge in [-0.3, -0.25) is 4.79 Å². The van der Waals surface area contributed by atoms with E-state index in [9.17, 15) is 4.79 Å². The van der Waals surface area contributed by atoms with E-state index in [4.69, 9.17) is 9.84 Å². The Balaban J connectivity index is 1.54. The minimum atomic E-state index is -0.126. The van der Waals surface area contributed by atoms with Gasteiger partial charge >= 0.3 is 0 Å². The van der Waals surface area contributed by atoms with Crippen molar-refractivity contribution in [1.29, 1.82) is 0 Å². The largest absolute Gasteiger partial charge is 0.491 e. The van der Waals surface area contributed by atoms with Gasteiger partial charge in [0.15, 0.2) is 0 Å². The van der Waals surface area contributed by atoms with Gasteiger partial charge in [0.25, 0.3) is 5.95 Å². The van der Waals surface area contributed by atoms with E-state index in [0.717, 1.165) is 28.1 Å². The van der Waals surface area contributed by atoms with Crippen LogP contribution in [0.15, 0.2) is 54.7 Å². The molecule has 1 aliphatic heterocycles. The second kappa shape index (κ2) is 8.70. The van der Waals surface area contributed by atoms with E-state index < -0.39 is 0 Å². The second-order valence-corrected chi connectivity index (χ2v) is 8.81. The van der Waals surface area contributed by atoms with Gasteiger partial charge in [0.2, 0.25) is 5.91 Å². The van der Waals surface area contributed by atoms with Crippen molar-refractivity contribution in [3.05, 3.63) is 77.1 Å². The number of nitrogens with one attached hydrogen (secondary N) is 1. The summed E-state index contributed by atoms with van der Waals surface area (Å²) in [6.07, 6.45) is 2.06. The first-order valence-corrected chi connectivity index (χ1v) is 11.3. The summed E-state index contributed by atoms with van der Waals surface area (Å²) in [6.45, 7) is 7.96. The van der Waals surface area contributed by atoms with Crippen LogP contribution in [0.2, 0.25) is 0 Å². The number of hydrogen-bond donors (Lipinski definition) is 1. The topological polar surface area (TPSA) is 94.8 Å². The highest BCUT2D eigenvalue weighted by atomic mass is 16.5. The van der Waals surface area contributed by atoms with Gasteiger partial charge in [0, 0.05) is 23.5 Å². The van der Waals surface area contributed by atoms with Crippen molar-refractivity contribution >= 4 is 11.7 Å². The lowest BCUT2D eigenvalue weighted by Crippen LogP contribution is -2.25. The van der Waals surface area contributed by atoms with Gasteiger partial charge in [-0.15, -0.1) is 5.10 Å². The fourth-order valence-corrected chi connectivity index (χ4v) is 4.27. The van der Waals surface area contributed by atoms with E-state index in [2.05, 4.69) is 20.5 Å². The Labute approximate surface area is 198 Å². The fourth-order valence-electron chi connectivity index (χ4n) is 4.27. The molecular weight excluding hydrogens is 428 g/mol. The van der Waals surface area contributed by atoms with Crippen molar-refractivity contribution in [2.75, 3.05) is 5.32 Å². The minimum absolute atomic E-state index is 0.0798. The number of rotatable bonds is 5. The van der Waals surface area contributed by atoms with Crippen LogP contribution in [0.4, 0.5) is 5.82 Å². The molecule has 0 bridgehead atoms. The maximum Gasteiger partial charge on any atom is 0.272 e. The first kappa shape index (κ1) is 21.8. The Hall–Kier alpha value is -4.07. The number of hydrogen-bond acceptors (Lipinski definition) is 6. The van der Waals surface area contributed by atoms with Gasteiger partial charge in [-0.05, 0) is 45.4 Å². The van der Waals surface area contributed by atoms with Crippen LogP contribution in [-0.2, 0) is 4.79 Å². The summed E-state index contributed by atoms with van der Waals surface area (Å²) in [5.74, 6) is 1.50. The number of fused-ring (bicyclic) bond motifs is 1. The first-order chi connectivity index (χ1) is 16.4. The summed E-state index contributed by atoms with van der Waals surface area (Å²) in [7, 11) is 0. The molecule has 1 N–H and O–H groups in total. The van der Waals surface area contributed by atoms with Crippen LogP contribution in [0.5, 0.6) is 5.75 Å². The molecule has 2 aromatic heterocycles. The molecule has 0 saturated carbocycles. The molecule has 8 nitrogen and oxygen atoms in total. The number of benzene rings is 2. The van der Waals surface area contributed by atoms with Crippen LogP contribution in [0.3, 0.4) is 0 Å². The zero-order chi connectivity index (χ0) is 23.8. The molecule has 0 saturated heterocycles. The van der Waals surface area contributed by atoms with Crippen LogP contribution in [0.25, 0.3) is 17.2 Å². The van der Waals surface area contributed by atoms with Gasteiger partial charge in [-0.2, -0.15) is 14.9 Å². The zero-order valence-corrected chi connectivity index (χ0v) is 19.6. The molecule has 3 heterocycles. The molecule has 34 heavy (non-hydrogen) atoms. The predicted molar refractivity (Wildman–Crippen MR) is 129 cm³/mol. The van der Waals surface area contributed by atoms with E-state index in [0.29, 0.717) is 23.9 Å². The number of ether oxygens (including phenoxy) is 1. The smallest absolute Gasteiger partial charge is 0.272 e. The molecule has 172 valence electrons. The molecular formula is C26H26N6O2. The lowest BCUT2D eigenvalue weighted by Gasteiger charge is -2.24. The van der Waals surface area contributed by atoms with Crippen molar-refractivity contribution in [1.82, 2.24) is 25.0 Å². The van der Waals surface area contributed by atoms with Crippen LogP contribution < -0.4 is 10.1 Å². The fraction of sp³-hybridized carbons (Fsp3) is 0.269. The van der Waals surface area contributed by atoms with Crippen molar-refractivity contribution in [3.8, 4) is 23.0 Å². The Morgan fingerprint density at radius 1 is 1.06 bits per heavy atom. The minimum Gasteiger partial charge on any atom is -0.491 e. The van der Waals surface area contributed by atoms with Crippen molar-refractivity contribution in [2.24, 2.45) is 0 Å². The molecule has 0 unspecified atom stereocenters. The normalized spacial score (nSPS) is 15.2. The third kappa shape index (κ3) is 4.14. The summed E-state index contributed by atoms with van der Waals surface area (Å²) in [6, 6.07) is 16.0. The molecule has 4 aromatic rings. The second-order valence-electron chi connectivity index (χ2n) is 8.81. The molecule has 8 heteroatoms. The lowest BCUT2D eigenvalue weighted by atomic mass is 9.86. The standard InChI is InChI=1S/C26H26N6O2/c1-15(2)34-20-11-9-18(10-12-20)21-13-23(33)29-25-24(21)17(4)31-32(25)26-28-22(14-27-30-26)19-7-5-16(3)6-8-19/h5-12,14-15,21H,13H2,1-4H3,(H,29,33)/t21-/m1/s1. The number of carbonyl (C=O) groups excluding carboxylic acids is 1. The number of nitrogens with zero attached hydrogens (tertiary/aromatic N) is 5. The molecule has 2 aromatic carbocycles. The Kier molecular flexibility index (Phi) is 5.57. The van der Waals surface area contributed by atoms with Crippen LogP contribution in [0.1, 0.15) is 48.6 Å². The third-order valence-electron chi connectivity index (χ3n) is 5.84. The molecule has 0 fully saturated rings. The van der Waals surface area contributed by atoms with Gasteiger partial charge < -0.3 is 10.1 Å². The van der Waals surface area contributed by atoms with Crippen LogP contribution in [0, 0.1) is 13.8 Å². The molecule has 0 spiro atoms. The van der Waals surface area contributed by atoms with E-state index in [1.165, 1.54) is 5.56 Å². The summed E-state index contributed by atoms with van der Waals surface area (Å²) < 4.78 is 7.35. The van der Waals surface area contributed by atoms with Gasteiger partial charge in [0.1, 0.15) is 11.6 Å². The average molecular weight is 455 g/mol. The Bertz CT molecular complexity index is 1340. The summed E-state index contributed by atoms with van der Waals surface area (Å²) in [4.78, 5) is 17.4. The monoisotopic (exact) mass is 454 g/mol. The molecule has 1 atom stereocenters. The predicted octanol–water partition coefficient (Wildman–Crippen LogP) is 4.60. The highest BCUT2D eigenvalue weighted by Crippen LogP contribution is 2.40. The quantitative estimate of drug-likeness (QED) is 0.473. The summed E-state index contributed by atoms with van der Waals surface area (Å²) in [5, 5.41) is 16.0. The molecule has 1 amide bonds. The number of anilines is 1. The molecule has 5 rings (SSSR count). The Morgan fingerprint density at radius 3 is 2.50 bits per heavy atom. The van der Waals surface area contributed by atoms with E-state index >= 15 is 0 Å². The number of carbonyl (C=O) groups is 1. The molecule has 0 aliphatic carbocycles. The van der Waals surface area contributed by atoms with Gasteiger partial charge in [-0.1, -0.05) is 42.0 Å². The maximum absolute atomic E-state index is 12.7. The molecule has 0 radical (unpaired) electrons. The first-order valence-electron chi connectivity index (χ1n) is 11.3. The van der Waals surface area contributed by atoms with Crippen molar-refractivity contribution in [3.63, 3.8) is 0 Å². The number of aromatic nitrogens is 5. The van der Waals surface area contributed by atoms with E-state index in [1.54, 1.807) is 10.9 Å². The highest BCUT2D eigenvalue weighted by Gasteiger charge is 2.33. The van der Waals surface area contributed by atoms with Crippen LogP contribution in [-0.4, -0.2) is 37.0 Å². The van der Waals surface area contributed by atoms with Crippen LogP contribution >= 0.6 is 0 Å². The maximum atomic E-state index is 12.7. The zero-order valence-electron chi connectivity index (χ0n) is 19.6. The average Bonchev–Trinajstić information content (AvgIpc) is 3.15. The van der Waals surface area contributed by atoms with Gasteiger partial charge in [0.05, 0.1) is 23.7 Å². The number of amides is 1. The highest BCUT2D eigenvalue weighted by molar-refractivity contribution is 5.95. The molecule has 1 aliphatic rings. The third-order valence-corrected chi connectivity index (χ3v) is 5.84. The summed E-state index contributed by atoms with van der Waals surface area (Å²) >= 11 is 0.